The van der Waals surface area contributed by atoms with Crippen LogP contribution in [0, 0.1) is 0 Å². The zero-order valence-corrected chi connectivity index (χ0v) is 18.5. The lowest BCUT2D eigenvalue weighted by Gasteiger charge is -2.34. The van der Waals surface area contributed by atoms with Crippen LogP contribution in [0.3, 0.4) is 0 Å². The molecule has 0 aliphatic carbocycles. The van der Waals surface area contributed by atoms with Crippen molar-refractivity contribution in [3.63, 3.8) is 0 Å². The number of hydrogen-bond acceptors (Lipinski definition) is 10. The number of nitrogens with zero attached hydrogens (tertiary/aromatic N) is 2. The smallest absolute Gasteiger partial charge is 0.384 e. The van der Waals surface area contributed by atoms with E-state index in [2.05, 4.69) is 24.7 Å². The number of halogens is 2. The van der Waals surface area contributed by atoms with Crippen LogP contribution in [0.2, 0.25) is 0 Å². The largest absolute Gasteiger partial charge is 0.490 e. The summed E-state index contributed by atoms with van der Waals surface area (Å²) >= 11 is 0. The molecule has 6 atom stereocenters. The van der Waals surface area contributed by atoms with E-state index in [-0.39, 0.29) is 5.84 Å². The van der Waals surface area contributed by atoms with Gasteiger partial charge in [0.05, 0.1) is 5.70 Å². The second kappa shape index (κ2) is 8.49. The van der Waals surface area contributed by atoms with Gasteiger partial charge in [0.15, 0.2) is 18.0 Å². The van der Waals surface area contributed by atoms with Gasteiger partial charge in [-0.25, -0.2) is 27.5 Å². The molecule has 0 amide bonds. The molecule has 1 saturated heterocycles. The number of alkyl halides is 2. The van der Waals surface area contributed by atoms with E-state index in [1.54, 1.807) is 0 Å². The Bertz CT molecular complexity index is 951. The Labute approximate surface area is 173 Å². The minimum atomic E-state index is -5.85. The SMILES string of the molecule is C=C1C=CN(C2OC(F)(COP(=O)(O)OP(=O)(O)OP(=O)(O)O)C(O)C2(C)F)C(C)=N1. The van der Waals surface area contributed by atoms with Crippen molar-refractivity contribution in [3.8, 4) is 0 Å². The van der Waals surface area contributed by atoms with E-state index in [0.29, 0.717) is 5.70 Å². The van der Waals surface area contributed by atoms with Gasteiger partial charge in [0, 0.05) is 6.20 Å². The van der Waals surface area contributed by atoms with Crippen LogP contribution in [0.25, 0.3) is 0 Å². The first-order valence-corrected chi connectivity index (χ1v) is 12.5. The van der Waals surface area contributed by atoms with Crippen molar-refractivity contribution >= 4 is 29.3 Å². The minimum absolute atomic E-state index is 0.116. The van der Waals surface area contributed by atoms with Gasteiger partial charge >= 0.3 is 23.5 Å². The van der Waals surface area contributed by atoms with Gasteiger partial charge < -0.3 is 34.3 Å². The van der Waals surface area contributed by atoms with Gasteiger partial charge in [-0.3, -0.25) is 4.52 Å². The molecule has 0 spiro atoms. The molecule has 2 rings (SSSR count). The molecule has 0 saturated carbocycles. The highest BCUT2D eigenvalue weighted by atomic mass is 31.3. The summed E-state index contributed by atoms with van der Waals surface area (Å²) in [5, 5.41) is 10.1. The van der Waals surface area contributed by atoms with E-state index in [4.69, 9.17) is 19.4 Å². The number of aliphatic hydroxyl groups excluding tert-OH is 1. The van der Waals surface area contributed by atoms with E-state index in [9.17, 15) is 23.7 Å². The molecular weight excluding hydrogens is 495 g/mol. The number of allylic oxidation sites excluding steroid dienone is 1. The topological polar surface area (TPSA) is 205 Å². The normalized spacial score (nSPS) is 35.6. The Morgan fingerprint density at radius 1 is 1.23 bits per heavy atom. The van der Waals surface area contributed by atoms with Gasteiger partial charge in [0.1, 0.15) is 12.4 Å². The molecule has 1 fully saturated rings. The summed E-state index contributed by atoms with van der Waals surface area (Å²) in [5.41, 5.74) is -2.53. The predicted molar refractivity (Wildman–Crippen MR) is 97.3 cm³/mol. The summed E-state index contributed by atoms with van der Waals surface area (Å²) in [6.07, 6.45) is -1.84. The first-order chi connectivity index (χ1) is 13.8. The number of amidine groups is 1. The zero-order chi connectivity index (χ0) is 24.0. The van der Waals surface area contributed by atoms with Crippen molar-refractivity contribution in [1.82, 2.24) is 4.90 Å². The Kier molecular flexibility index (Phi) is 7.23. The number of rotatable bonds is 8. The van der Waals surface area contributed by atoms with Gasteiger partial charge in [-0.2, -0.15) is 8.62 Å². The lowest BCUT2D eigenvalue weighted by Crippen LogP contribution is -2.51. The molecule has 0 bridgehead atoms. The van der Waals surface area contributed by atoms with Crippen LogP contribution in [0.15, 0.2) is 29.5 Å². The molecule has 0 aromatic rings. The average Bonchev–Trinajstić information content (AvgIpc) is 2.71. The van der Waals surface area contributed by atoms with Crippen molar-refractivity contribution in [2.45, 2.75) is 37.7 Å². The predicted octanol–water partition coefficient (Wildman–Crippen LogP) is 1.20. The summed E-state index contributed by atoms with van der Waals surface area (Å²) in [6.45, 7) is 4.04. The lowest BCUT2D eigenvalue weighted by molar-refractivity contribution is -0.204. The average molecular weight is 514 g/mol. The molecule has 0 aromatic carbocycles. The van der Waals surface area contributed by atoms with E-state index in [0.717, 1.165) is 11.8 Å². The molecule has 2 aliphatic rings. The Morgan fingerprint density at radius 2 is 1.81 bits per heavy atom. The summed E-state index contributed by atoms with van der Waals surface area (Å²) in [5.74, 6) is -3.35. The van der Waals surface area contributed by atoms with Gasteiger partial charge in [-0.1, -0.05) is 6.58 Å². The molecule has 0 radical (unpaired) electrons. The highest BCUT2D eigenvalue weighted by molar-refractivity contribution is 7.66. The first-order valence-electron chi connectivity index (χ1n) is 8.01. The van der Waals surface area contributed by atoms with Crippen LogP contribution in [-0.2, 0) is 31.6 Å². The summed E-state index contributed by atoms with van der Waals surface area (Å²) < 4.78 is 79.8. The second-order valence-corrected chi connectivity index (χ2v) is 11.0. The van der Waals surface area contributed by atoms with E-state index in [1.807, 2.05) is 0 Å². The minimum Gasteiger partial charge on any atom is -0.384 e. The van der Waals surface area contributed by atoms with E-state index >= 15 is 8.78 Å². The van der Waals surface area contributed by atoms with Gasteiger partial charge in [0.2, 0.25) is 0 Å². The molecule has 2 aliphatic heterocycles. The lowest BCUT2D eigenvalue weighted by atomic mass is 9.96. The van der Waals surface area contributed by atoms with Crippen LogP contribution in [-0.4, -0.2) is 65.9 Å². The van der Waals surface area contributed by atoms with Gasteiger partial charge in [-0.15, -0.1) is 0 Å². The number of phosphoric ester groups is 1. The monoisotopic (exact) mass is 514 g/mol. The number of ether oxygens (including phenoxy) is 1. The maximum atomic E-state index is 15.1. The quantitative estimate of drug-likeness (QED) is 0.289. The fourth-order valence-corrected chi connectivity index (χ4v) is 5.69. The molecule has 14 nitrogen and oxygen atoms in total. The molecular formula is C12H19F2N2O12P3. The fraction of sp³-hybridized carbons (Fsp3) is 0.583. The van der Waals surface area contributed by atoms with E-state index in [1.165, 1.54) is 19.2 Å². The first kappa shape index (κ1) is 26.4. The van der Waals surface area contributed by atoms with E-state index < -0.39 is 53.9 Å². The Morgan fingerprint density at radius 3 is 2.32 bits per heavy atom. The number of aliphatic imine (C=N–C) groups is 1. The molecule has 19 heteroatoms. The van der Waals surface area contributed by atoms with Crippen molar-refractivity contribution in [3.05, 3.63) is 24.6 Å². The summed E-state index contributed by atoms with van der Waals surface area (Å²) in [7, 11) is -17.2. The van der Waals surface area contributed by atoms with Crippen LogP contribution >= 0.6 is 23.5 Å². The Hall–Kier alpha value is -0.860. The van der Waals surface area contributed by atoms with Crippen LogP contribution in [0.1, 0.15) is 13.8 Å². The summed E-state index contributed by atoms with van der Waals surface area (Å²) in [6, 6.07) is 0. The maximum Gasteiger partial charge on any atom is 0.490 e. The number of phosphoric acid groups is 3. The second-order valence-electron chi connectivity index (χ2n) is 6.55. The van der Waals surface area contributed by atoms with Crippen LogP contribution in [0.5, 0.6) is 0 Å². The fourth-order valence-electron chi connectivity index (χ4n) is 2.66. The highest BCUT2D eigenvalue weighted by Gasteiger charge is 2.66. The molecule has 6 unspecified atom stereocenters. The van der Waals surface area contributed by atoms with Crippen molar-refractivity contribution in [2.24, 2.45) is 4.99 Å². The van der Waals surface area contributed by atoms with Crippen molar-refractivity contribution in [2.75, 3.05) is 6.61 Å². The third-order valence-electron chi connectivity index (χ3n) is 3.93. The molecule has 2 heterocycles. The van der Waals surface area contributed by atoms with Crippen molar-refractivity contribution in [1.29, 1.82) is 0 Å². The van der Waals surface area contributed by atoms with Crippen LogP contribution < -0.4 is 0 Å². The molecule has 31 heavy (non-hydrogen) atoms. The molecule has 5 N–H and O–H groups in total. The Balaban J connectivity index is 2.16. The van der Waals surface area contributed by atoms with Crippen LogP contribution in [0.4, 0.5) is 8.78 Å². The van der Waals surface area contributed by atoms with Gasteiger partial charge in [0.25, 0.3) is 5.85 Å². The van der Waals surface area contributed by atoms with Gasteiger partial charge in [-0.05, 0) is 19.9 Å². The summed E-state index contributed by atoms with van der Waals surface area (Å²) in [4.78, 5) is 40.4. The third-order valence-corrected chi connectivity index (χ3v) is 7.72. The number of aliphatic hydroxyl groups is 1. The standard InChI is InChI=1S/C12H19F2N2O12P3/c1-7-4-5-16(8(2)15-7)10-11(3,13)9(17)12(14,26-10)6-25-30(21,22)28-31(23,24)27-29(18,19)20/h4-5,9-10,17H,1,6H2,2-3H3,(H,21,22)(H,23,24)(H2,18,19,20). The number of hydrogen-bond donors (Lipinski definition) is 5. The van der Waals surface area contributed by atoms with Crippen molar-refractivity contribution < 1.29 is 65.0 Å². The molecule has 178 valence electrons. The zero-order valence-electron chi connectivity index (χ0n) is 15.8. The molecule has 0 aromatic heterocycles. The highest BCUT2D eigenvalue weighted by Crippen LogP contribution is 2.66. The third kappa shape index (κ3) is 6.35. The maximum absolute atomic E-state index is 15.1.